The van der Waals surface area contributed by atoms with Crippen molar-refractivity contribution in [2.24, 2.45) is 0 Å². The summed E-state index contributed by atoms with van der Waals surface area (Å²) in [6, 6.07) is 6.89. The van der Waals surface area contributed by atoms with Crippen LogP contribution in [-0.4, -0.2) is 48.6 Å². The molecule has 0 saturated heterocycles. The molecule has 1 rings (SSSR count). The molecule has 0 radical (unpaired) electrons. The van der Waals surface area contributed by atoms with E-state index in [1.54, 1.807) is 30.3 Å². The standard InChI is InChI=1S/C19H29ClN2O2/c1-3-22(4-2)13-6-12-21-18(7-5-14-23)15-19(24)16-8-10-17(20)11-9-16/h8-11,15,21,23H,3-7,12-14H2,1-2H3/b18-15+. The summed E-state index contributed by atoms with van der Waals surface area (Å²) in [6.07, 6.45) is 3.97. The third-order valence-corrected chi connectivity index (χ3v) is 4.19. The lowest BCUT2D eigenvalue weighted by atomic mass is 10.1. The fourth-order valence-corrected chi connectivity index (χ4v) is 2.55. The maximum absolute atomic E-state index is 12.3. The van der Waals surface area contributed by atoms with Crippen molar-refractivity contribution in [3.63, 3.8) is 0 Å². The summed E-state index contributed by atoms with van der Waals surface area (Å²) >= 11 is 5.85. The highest BCUT2D eigenvalue weighted by atomic mass is 35.5. The molecule has 0 bridgehead atoms. The smallest absolute Gasteiger partial charge is 0.187 e. The van der Waals surface area contributed by atoms with Gasteiger partial charge in [-0.1, -0.05) is 25.4 Å². The fraction of sp³-hybridized carbons (Fsp3) is 0.526. The van der Waals surface area contributed by atoms with E-state index in [2.05, 4.69) is 24.1 Å². The summed E-state index contributed by atoms with van der Waals surface area (Å²) < 4.78 is 0. The second-order valence-electron chi connectivity index (χ2n) is 5.68. The van der Waals surface area contributed by atoms with Crippen LogP contribution in [0.2, 0.25) is 5.02 Å². The molecular formula is C19H29ClN2O2. The number of nitrogens with one attached hydrogen (secondary N) is 1. The SMILES string of the molecule is CCN(CC)CCCN/C(=C/C(=O)c1ccc(Cl)cc1)CCCO. The first kappa shape index (κ1) is 20.7. The van der Waals surface area contributed by atoms with E-state index in [1.807, 2.05) is 0 Å². The molecule has 0 unspecified atom stereocenters. The van der Waals surface area contributed by atoms with Crippen molar-refractivity contribution in [2.45, 2.75) is 33.1 Å². The summed E-state index contributed by atoms with van der Waals surface area (Å²) in [7, 11) is 0. The summed E-state index contributed by atoms with van der Waals surface area (Å²) in [6.45, 7) is 8.41. The minimum Gasteiger partial charge on any atom is -0.396 e. The van der Waals surface area contributed by atoms with Gasteiger partial charge in [-0.05, 0) is 63.2 Å². The molecule has 0 heterocycles. The first-order chi connectivity index (χ1) is 11.6. The molecule has 1 aromatic carbocycles. The van der Waals surface area contributed by atoms with Gasteiger partial charge in [0, 0.05) is 35.5 Å². The minimum atomic E-state index is -0.0455. The quantitative estimate of drug-likeness (QED) is 0.343. The summed E-state index contributed by atoms with van der Waals surface area (Å²) in [4.78, 5) is 14.7. The molecule has 0 atom stereocenters. The van der Waals surface area contributed by atoms with Gasteiger partial charge >= 0.3 is 0 Å². The minimum absolute atomic E-state index is 0.0455. The number of carbonyl (C=O) groups is 1. The zero-order valence-electron chi connectivity index (χ0n) is 14.7. The van der Waals surface area contributed by atoms with Gasteiger partial charge in [0.05, 0.1) is 0 Å². The van der Waals surface area contributed by atoms with Crippen LogP contribution in [0.15, 0.2) is 36.0 Å². The normalized spacial score (nSPS) is 11.8. The van der Waals surface area contributed by atoms with Crippen molar-refractivity contribution in [1.82, 2.24) is 10.2 Å². The number of allylic oxidation sites excluding steroid dienone is 2. The molecule has 5 heteroatoms. The molecule has 0 fully saturated rings. The molecule has 0 aliphatic heterocycles. The average Bonchev–Trinajstić information content (AvgIpc) is 2.60. The Labute approximate surface area is 150 Å². The van der Waals surface area contributed by atoms with Crippen LogP contribution in [0.4, 0.5) is 0 Å². The molecule has 0 amide bonds. The number of ketones is 1. The number of halogens is 1. The Kier molecular flexibility index (Phi) is 10.4. The number of benzene rings is 1. The van der Waals surface area contributed by atoms with E-state index >= 15 is 0 Å². The predicted molar refractivity (Wildman–Crippen MR) is 101 cm³/mol. The van der Waals surface area contributed by atoms with Crippen LogP contribution >= 0.6 is 11.6 Å². The van der Waals surface area contributed by atoms with Crippen LogP contribution in [0.3, 0.4) is 0 Å². The van der Waals surface area contributed by atoms with Crippen molar-refractivity contribution in [1.29, 1.82) is 0 Å². The molecular weight excluding hydrogens is 324 g/mol. The number of rotatable bonds is 12. The first-order valence-electron chi connectivity index (χ1n) is 8.68. The van der Waals surface area contributed by atoms with Gasteiger partial charge in [0.15, 0.2) is 5.78 Å². The number of hydrogen-bond acceptors (Lipinski definition) is 4. The Hall–Kier alpha value is -1.36. The fourth-order valence-electron chi connectivity index (χ4n) is 2.43. The maximum Gasteiger partial charge on any atom is 0.187 e. The van der Waals surface area contributed by atoms with Gasteiger partial charge in [-0.25, -0.2) is 0 Å². The van der Waals surface area contributed by atoms with Crippen LogP contribution in [-0.2, 0) is 0 Å². The lowest BCUT2D eigenvalue weighted by Crippen LogP contribution is -2.27. The van der Waals surface area contributed by atoms with Gasteiger partial charge in [-0.3, -0.25) is 4.79 Å². The Morgan fingerprint density at radius 2 is 1.88 bits per heavy atom. The monoisotopic (exact) mass is 352 g/mol. The zero-order valence-corrected chi connectivity index (χ0v) is 15.5. The van der Waals surface area contributed by atoms with Gasteiger partial charge in [-0.2, -0.15) is 0 Å². The van der Waals surface area contributed by atoms with Crippen molar-refractivity contribution < 1.29 is 9.90 Å². The summed E-state index contributed by atoms with van der Waals surface area (Å²) in [5.41, 5.74) is 1.49. The van der Waals surface area contributed by atoms with E-state index in [0.29, 0.717) is 23.4 Å². The van der Waals surface area contributed by atoms with Crippen LogP contribution < -0.4 is 5.32 Å². The third-order valence-electron chi connectivity index (χ3n) is 3.94. The Morgan fingerprint density at radius 3 is 2.46 bits per heavy atom. The lowest BCUT2D eigenvalue weighted by molar-refractivity contribution is 0.104. The second kappa shape index (κ2) is 12.1. The van der Waals surface area contributed by atoms with Crippen LogP contribution in [0, 0.1) is 0 Å². The van der Waals surface area contributed by atoms with Crippen molar-refractivity contribution >= 4 is 17.4 Å². The van der Waals surface area contributed by atoms with Gasteiger partial charge in [-0.15, -0.1) is 0 Å². The van der Waals surface area contributed by atoms with E-state index < -0.39 is 0 Å². The van der Waals surface area contributed by atoms with Gasteiger partial charge in [0.2, 0.25) is 0 Å². The van der Waals surface area contributed by atoms with Crippen molar-refractivity contribution in [3.8, 4) is 0 Å². The lowest BCUT2D eigenvalue weighted by Gasteiger charge is -2.18. The molecule has 1 aromatic rings. The predicted octanol–water partition coefficient (Wildman–Crippen LogP) is 3.50. The Morgan fingerprint density at radius 1 is 1.21 bits per heavy atom. The number of hydrogen-bond donors (Lipinski definition) is 2. The molecule has 0 aliphatic carbocycles. The van der Waals surface area contributed by atoms with Crippen LogP contribution in [0.5, 0.6) is 0 Å². The average molecular weight is 353 g/mol. The molecule has 2 N–H and O–H groups in total. The zero-order chi connectivity index (χ0) is 17.8. The Balaban J connectivity index is 2.59. The number of aliphatic hydroxyl groups is 1. The Bertz CT molecular complexity index is 511. The number of nitrogens with zero attached hydrogens (tertiary/aromatic N) is 1. The van der Waals surface area contributed by atoms with E-state index in [4.69, 9.17) is 16.7 Å². The van der Waals surface area contributed by atoms with Crippen LogP contribution in [0.1, 0.15) is 43.5 Å². The molecule has 0 aromatic heterocycles. The number of aliphatic hydroxyl groups excluding tert-OH is 1. The van der Waals surface area contributed by atoms with E-state index in [-0.39, 0.29) is 12.4 Å². The van der Waals surface area contributed by atoms with Gasteiger partial charge in [0.25, 0.3) is 0 Å². The van der Waals surface area contributed by atoms with Crippen molar-refractivity contribution in [2.75, 3.05) is 32.8 Å². The first-order valence-corrected chi connectivity index (χ1v) is 9.06. The highest BCUT2D eigenvalue weighted by molar-refractivity contribution is 6.30. The second-order valence-corrected chi connectivity index (χ2v) is 6.11. The molecule has 134 valence electrons. The van der Waals surface area contributed by atoms with Crippen molar-refractivity contribution in [3.05, 3.63) is 46.6 Å². The topological polar surface area (TPSA) is 52.6 Å². The number of carbonyl (C=O) groups excluding carboxylic acids is 1. The van der Waals surface area contributed by atoms with Gasteiger partial charge in [0.1, 0.15) is 0 Å². The highest BCUT2D eigenvalue weighted by Crippen LogP contribution is 2.12. The largest absolute Gasteiger partial charge is 0.396 e. The molecule has 0 saturated carbocycles. The van der Waals surface area contributed by atoms with E-state index in [9.17, 15) is 4.79 Å². The van der Waals surface area contributed by atoms with Crippen LogP contribution in [0.25, 0.3) is 0 Å². The molecule has 0 aliphatic rings. The molecule has 24 heavy (non-hydrogen) atoms. The third kappa shape index (κ3) is 7.95. The van der Waals surface area contributed by atoms with E-state index in [1.165, 1.54) is 0 Å². The maximum atomic E-state index is 12.3. The van der Waals surface area contributed by atoms with E-state index in [0.717, 1.165) is 38.3 Å². The summed E-state index contributed by atoms with van der Waals surface area (Å²) in [5.74, 6) is -0.0455. The summed E-state index contributed by atoms with van der Waals surface area (Å²) in [5, 5.41) is 13.0. The van der Waals surface area contributed by atoms with Gasteiger partial charge < -0.3 is 15.3 Å². The highest BCUT2D eigenvalue weighted by Gasteiger charge is 2.06. The molecule has 0 spiro atoms. The molecule has 4 nitrogen and oxygen atoms in total.